The minimum atomic E-state index is -0.661. The van der Waals surface area contributed by atoms with E-state index in [1.165, 1.54) is 302 Å². The van der Waals surface area contributed by atoms with Crippen molar-refractivity contribution in [2.75, 3.05) is 13.2 Å². The molecule has 0 aromatic carbocycles. The first-order valence-corrected chi connectivity index (χ1v) is 35.2. The van der Waals surface area contributed by atoms with Gasteiger partial charge in [-0.1, -0.05) is 333 Å². The molecule has 0 saturated carbocycles. The molecule has 2 atom stereocenters. The van der Waals surface area contributed by atoms with Crippen LogP contribution < -0.4 is 5.32 Å². The highest BCUT2D eigenvalue weighted by Gasteiger charge is 2.20. The van der Waals surface area contributed by atoms with Crippen LogP contribution in [0.25, 0.3) is 0 Å². The molecule has 6 heteroatoms. The molecular formula is C72H137NO5. The quantitative estimate of drug-likeness (QED) is 0.0320. The van der Waals surface area contributed by atoms with Gasteiger partial charge in [-0.2, -0.15) is 0 Å². The van der Waals surface area contributed by atoms with Gasteiger partial charge < -0.3 is 20.3 Å². The van der Waals surface area contributed by atoms with Crippen LogP contribution in [0.4, 0.5) is 0 Å². The Morgan fingerprint density at radius 1 is 0.359 bits per heavy atom. The number of allylic oxidation sites excluding steroid dienone is 6. The van der Waals surface area contributed by atoms with E-state index < -0.39 is 12.1 Å². The number of rotatable bonds is 66. The molecule has 0 saturated heterocycles. The van der Waals surface area contributed by atoms with Crippen LogP contribution >= 0.6 is 0 Å². The molecule has 78 heavy (non-hydrogen) atoms. The average Bonchev–Trinajstić information content (AvgIpc) is 3.44. The first-order chi connectivity index (χ1) is 38.5. The maximum absolute atomic E-state index is 12.5. The van der Waals surface area contributed by atoms with Gasteiger partial charge in [0.2, 0.25) is 5.91 Å². The van der Waals surface area contributed by atoms with E-state index in [0.29, 0.717) is 25.9 Å². The van der Waals surface area contributed by atoms with Gasteiger partial charge in [-0.25, -0.2) is 0 Å². The zero-order chi connectivity index (χ0) is 56.4. The Kier molecular flexibility index (Phi) is 65.9. The van der Waals surface area contributed by atoms with Crippen molar-refractivity contribution in [3.63, 3.8) is 0 Å². The summed E-state index contributed by atoms with van der Waals surface area (Å²) in [7, 11) is 0. The molecule has 460 valence electrons. The van der Waals surface area contributed by atoms with Gasteiger partial charge in [0.15, 0.2) is 0 Å². The molecule has 1 amide bonds. The highest BCUT2D eigenvalue weighted by molar-refractivity contribution is 5.76. The fourth-order valence-electron chi connectivity index (χ4n) is 11.0. The molecule has 3 N–H and O–H groups in total. The first kappa shape index (κ1) is 76.1. The number of aliphatic hydroxyl groups is 2. The highest BCUT2D eigenvalue weighted by atomic mass is 16.5. The Morgan fingerprint density at radius 3 is 1.03 bits per heavy atom. The third-order valence-corrected chi connectivity index (χ3v) is 16.4. The predicted molar refractivity (Wildman–Crippen MR) is 343 cm³/mol. The zero-order valence-corrected chi connectivity index (χ0v) is 52.7. The second-order valence-corrected chi connectivity index (χ2v) is 24.2. The number of esters is 1. The highest BCUT2D eigenvalue weighted by Crippen LogP contribution is 2.19. The van der Waals surface area contributed by atoms with Crippen LogP contribution in [0.15, 0.2) is 36.5 Å². The molecule has 2 unspecified atom stereocenters. The van der Waals surface area contributed by atoms with Crippen molar-refractivity contribution in [2.24, 2.45) is 0 Å². The molecular weight excluding hydrogens is 959 g/mol. The third-order valence-electron chi connectivity index (χ3n) is 16.4. The summed E-state index contributed by atoms with van der Waals surface area (Å²) < 4.78 is 5.48. The summed E-state index contributed by atoms with van der Waals surface area (Å²) >= 11 is 0. The van der Waals surface area contributed by atoms with Crippen molar-refractivity contribution in [2.45, 2.75) is 398 Å². The van der Waals surface area contributed by atoms with Crippen LogP contribution in [-0.4, -0.2) is 47.4 Å². The Bertz CT molecular complexity index is 1260. The lowest BCUT2D eigenvalue weighted by atomic mass is 10.0. The molecule has 0 heterocycles. The van der Waals surface area contributed by atoms with Crippen LogP contribution in [0.1, 0.15) is 386 Å². The van der Waals surface area contributed by atoms with E-state index in [9.17, 15) is 19.8 Å². The zero-order valence-electron chi connectivity index (χ0n) is 52.7. The van der Waals surface area contributed by atoms with Gasteiger partial charge in [-0.15, -0.1) is 0 Å². The minimum Gasteiger partial charge on any atom is -0.466 e. The number of hydrogen-bond donors (Lipinski definition) is 3. The Hall–Kier alpha value is -1.92. The molecule has 0 aromatic rings. The molecule has 0 rings (SSSR count). The smallest absolute Gasteiger partial charge is 0.305 e. The number of carbonyl (C=O) groups is 2. The van der Waals surface area contributed by atoms with E-state index in [1.807, 2.05) is 0 Å². The number of aliphatic hydroxyl groups excluding tert-OH is 2. The van der Waals surface area contributed by atoms with Gasteiger partial charge in [0.25, 0.3) is 0 Å². The molecule has 0 aliphatic carbocycles. The van der Waals surface area contributed by atoms with Gasteiger partial charge in [-0.05, 0) is 77.0 Å². The normalized spacial score (nSPS) is 12.7. The average molecular weight is 1100 g/mol. The van der Waals surface area contributed by atoms with E-state index in [0.717, 1.165) is 51.4 Å². The Labute approximate surface area is 487 Å². The van der Waals surface area contributed by atoms with Crippen LogP contribution in [-0.2, 0) is 14.3 Å². The number of nitrogens with one attached hydrogen (secondary N) is 1. The maximum Gasteiger partial charge on any atom is 0.305 e. The molecule has 0 aliphatic heterocycles. The minimum absolute atomic E-state index is 0.00424. The summed E-state index contributed by atoms with van der Waals surface area (Å²) in [6, 6.07) is -0.539. The van der Waals surface area contributed by atoms with E-state index in [2.05, 4.69) is 55.6 Å². The van der Waals surface area contributed by atoms with Crippen molar-refractivity contribution in [3.8, 4) is 0 Å². The standard InChI is InChI=1S/C72H137NO5/c1-3-5-7-9-11-13-15-17-40-44-48-52-56-60-64-70(75)69(68-74)73-71(76)65-61-57-53-49-45-41-38-36-34-32-30-28-26-24-22-20-19-21-23-25-27-29-31-33-35-37-39-43-47-51-55-59-63-67-78-72(77)66-62-58-54-50-46-42-18-16-14-12-10-8-6-4-2/h10,12,16,18,23,25,69-70,74-75H,3-9,11,13-15,17,19-22,24,26-68H2,1-2H3,(H,73,76)/b12-10-,18-16-,25-23-. The number of hydrogen-bond acceptors (Lipinski definition) is 5. The SMILES string of the molecule is CCCC/C=C\C/C=C\CCCCCCCC(=O)OCCCCCCCCCCCCCC/C=C\CCCCCCCCCCCCCCCCCCCC(=O)NC(CO)C(O)CCCCCCCCCCCCCCCC. The van der Waals surface area contributed by atoms with Gasteiger partial charge in [0.1, 0.15) is 0 Å². The molecule has 0 spiro atoms. The van der Waals surface area contributed by atoms with E-state index in [-0.39, 0.29) is 18.5 Å². The van der Waals surface area contributed by atoms with Crippen molar-refractivity contribution < 1.29 is 24.5 Å². The number of unbranched alkanes of at least 4 members (excludes halogenated alkanes) is 49. The summed E-state index contributed by atoms with van der Waals surface area (Å²) in [6.07, 6.45) is 86.3. The fraction of sp³-hybridized carbons (Fsp3) is 0.889. The van der Waals surface area contributed by atoms with E-state index >= 15 is 0 Å². The van der Waals surface area contributed by atoms with Crippen LogP contribution in [0.5, 0.6) is 0 Å². The largest absolute Gasteiger partial charge is 0.466 e. The van der Waals surface area contributed by atoms with Crippen molar-refractivity contribution in [1.29, 1.82) is 0 Å². The second kappa shape index (κ2) is 67.6. The Morgan fingerprint density at radius 2 is 0.654 bits per heavy atom. The lowest BCUT2D eigenvalue weighted by Gasteiger charge is -2.22. The van der Waals surface area contributed by atoms with Crippen LogP contribution in [0.3, 0.4) is 0 Å². The number of amides is 1. The van der Waals surface area contributed by atoms with Crippen molar-refractivity contribution >= 4 is 11.9 Å². The van der Waals surface area contributed by atoms with Crippen molar-refractivity contribution in [1.82, 2.24) is 5.32 Å². The molecule has 0 radical (unpaired) electrons. The van der Waals surface area contributed by atoms with Crippen molar-refractivity contribution in [3.05, 3.63) is 36.5 Å². The lowest BCUT2D eigenvalue weighted by Crippen LogP contribution is -2.45. The van der Waals surface area contributed by atoms with Gasteiger partial charge in [0, 0.05) is 12.8 Å². The second-order valence-electron chi connectivity index (χ2n) is 24.2. The monoisotopic (exact) mass is 1100 g/mol. The summed E-state index contributed by atoms with van der Waals surface area (Å²) in [6.45, 7) is 4.93. The van der Waals surface area contributed by atoms with E-state index in [4.69, 9.17) is 4.74 Å². The molecule has 0 aromatic heterocycles. The molecule has 0 aliphatic rings. The summed E-state index contributed by atoms with van der Waals surface area (Å²) in [4.78, 5) is 24.5. The summed E-state index contributed by atoms with van der Waals surface area (Å²) in [5.41, 5.74) is 0. The van der Waals surface area contributed by atoms with Crippen LogP contribution in [0.2, 0.25) is 0 Å². The topological polar surface area (TPSA) is 95.9 Å². The van der Waals surface area contributed by atoms with E-state index in [1.54, 1.807) is 0 Å². The molecule has 6 nitrogen and oxygen atoms in total. The summed E-state index contributed by atoms with van der Waals surface area (Å²) in [5, 5.41) is 23.3. The van der Waals surface area contributed by atoms with Gasteiger partial charge in [0.05, 0.1) is 25.4 Å². The predicted octanol–water partition coefficient (Wildman–Crippen LogP) is 22.7. The molecule has 0 bridgehead atoms. The maximum atomic E-state index is 12.5. The van der Waals surface area contributed by atoms with Crippen LogP contribution in [0, 0.1) is 0 Å². The number of ether oxygens (including phenoxy) is 1. The fourth-order valence-corrected chi connectivity index (χ4v) is 11.0. The third kappa shape index (κ3) is 63.3. The first-order valence-electron chi connectivity index (χ1n) is 35.2. The van der Waals surface area contributed by atoms with Gasteiger partial charge >= 0.3 is 5.97 Å². The van der Waals surface area contributed by atoms with Gasteiger partial charge in [-0.3, -0.25) is 9.59 Å². The Balaban J connectivity index is 3.34. The lowest BCUT2D eigenvalue weighted by molar-refractivity contribution is -0.143. The number of carbonyl (C=O) groups excluding carboxylic acids is 2. The molecule has 0 fully saturated rings. The summed E-state index contributed by atoms with van der Waals surface area (Å²) in [5.74, 6) is -0.0255.